The Balaban J connectivity index is 0.000000873. The molecule has 0 spiro atoms. The van der Waals surface area contributed by atoms with E-state index in [-0.39, 0.29) is 6.47 Å². The van der Waals surface area contributed by atoms with E-state index in [9.17, 15) is 0 Å². The molecule has 0 radical (unpaired) electrons. The minimum Gasteiger partial charge on any atom is -0.483 e. The van der Waals surface area contributed by atoms with E-state index in [1.807, 2.05) is 0 Å². The maximum atomic E-state index is 8.36. The quantitative estimate of drug-likeness (QED) is 0.554. The van der Waals surface area contributed by atoms with Crippen molar-refractivity contribution < 1.29 is 9.90 Å². The molecule has 0 aliphatic heterocycles. The molecule has 0 saturated heterocycles. The van der Waals surface area contributed by atoms with Crippen molar-refractivity contribution in [1.29, 1.82) is 0 Å². The van der Waals surface area contributed by atoms with Crippen LogP contribution in [0.5, 0.6) is 0 Å². The maximum Gasteiger partial charge on any atom is 0.290 e. The number of unbranched alkanes of at least 4 members (excludes halogenated alkanes) is 3. The molecular formula is C16H26O2. The molecule has 0 fully saturated rings. The summed E-state index contributed by atoms with van der Waals surface area (Å²) in [4.78, 5) is 8.36. The average Bonchev–Trinajstić information content (AvgIpc) is 2.41. The highest BCUT2D eigenvalue weighted by Crippen LogP contribution is 2.25. The van der Waals surface area contributed by atoms with Gasteiger partial charge in [-0.05, 0) is 24.3 Å². The first-order valence-electron chi connectivity index (χ1n) is 6.92. The summed E-state index contributed by atoms with van der Waals surface area (Å²) >= 11 is 0. The van der Waals surface area contributed by atoms with E-state index in [0.29, 0.717) is 0 Å². The zero-order chi connectivity index (χ0) is 13.6. The van der Waals surface area contributed by atoms with Gasteiger partial charge in [-0.3, -0.25) is 4.79 Å². The Kier molecular flexibility index (Phi) is 11.3. The molecule has 0 aliphatic carbocycles. The van der Waals surface area contributed by atoms with Crippen molar-refractivity contribution in [1.82, 2.24) is 0 Å². The van der Waals surface area contributed by atoms with Crippen molar-refractivity contribution in [2.75, 3.05) is 0 Å². The van der Waals surface area contributed by atoms with Crippen LogP contribution in [0.25, 0.3) is 0 Å². The fourth-order valence-corrected chi connectivity index (χ4v) is 2.15. The van der Waals surface area contributed by atoms with Crippen LogP contribution in [0.4, 0.5) is 0 Å². The second-order valence-electron chi connectivity index (χ2n) is 4.47. The van der Waals surface area contributed by atoms with Gasteiger partial charge in [0.1, 0.15) is 0 Å². The van der Waals surface area contributed by atoms with Gasteiger partial charge in [0, 0.05) is 0 Å². The third kappa shape index (κ3) is 7.88. The highest BCUT2D eigenvalue weighted by molar-refractivity contribution is 5.32. The van der Waals surface area contributed by atoms with Crippen molar-refractivity contribution in [3.63, 3.8) is 0 Å². The van der Waals surface area contributed by atoms with Gasteiger partial charge in [-0.15, -0.1) is 0 Å². The highest BCUT2D eigenvalue weighted by atomic mass is 16.3. The summed E-state index contributed by atoms with van der Waals surface area (Å²) in [6.07, 6.45) is 8.16. The lowest BCUT2D eigenvalue weighted by molar-refractivity contribution is -0.122. The van der Waals surface area contributed by atoms with Crippen molar-refractivity contribution in [2.24, 2.45) is 0 Å². The van der Waals surface area contributed by atoms with Crippen LogP contribution in [-0.4, -0.2) is 11.6 Å². The molecule has 1 atom stereocenters. The van der Waals surface area contributed by atoms with Crippen LogP contribution in [-0.2, 0) is 4.79 Å². The fraction of sp³-hybridized carbons (Fsp3) is 0.562. The normalized spacial score (nSPS) is 11.2. The zero-order valence-electron chi connectivity index (χ0n) is 11.6. The molecule has 1 aromatic rings. The molecule has 0 bridgehead atoms. The summed E-state index contributed by atoms with van der Waals surface area (Å²) in [6, 6.07) is 11.0. The predicted molar refractivity (Wildman–Crippen MR) is 76.9 cm³/mol. The van der Waals surface area contributed by atoms with Gasteiger partial charge in [-0.2, -0.15) is 0 Å². The van der Waals surface area contributed by atoms with Gasteiger partial charge in [-0.1, -0.05) is 69.9 Å². The van der Waals surface area contributed by atoms with Gasteiger partial charge in [-0.25, -0.2) is 0 Å². The molecule has 1 aromatic carbocycles. The van der Waals surface area contributed by atoms with Crippen LogP contribution >= 0.6 is 0 Å². The first kappa shape index (κ1) is 16.7. The van der Waals surface area contributed by atoms with Crippen LogP contribution in [0.2, 0.25) is 0 Å². The number of rotatable bonds is 7. The SMILES string of the molecule is CCCCCCC(CC)c1ccccc1.O=CO. The lowest BCUT2D eigenvalue weighted by atomic mass is 9.91. The Morgan fingerprint density at radius 1 is 1.11 bits per heavy atom. The molecule has 0 saturated carbocycles. The fourth-order valence-electron chi connectivity index (χ4n) is 2.15. The molecule has 0 amide bonds. The van der Waals surface area contributed by atoms with Crippen LogP contribution in [0.3, 0.4) is 0 Å². The topological polar surface area (TPSA) is 37.3 Å². The molecule has 2 nitrogen and oxygen atoms in total. The molecule has 0 heterocycles. The number of carbonyl (C=O) groups is 1. The largest absolute Gasteiger partial charge is 0.483 e. The molecule has 1 unspecified atom stereocenters. The third-order valence-electron chi connectivity index (χ3n) is 3.17. The van der Waals surface area contributed by atoms with Crippen LogP contribution < -0.4 is 0 Å². The van der Waals surface area contributed by atoms with E-state index in [4.69, 9.17) is 9.90 Å². The molecule has 2 heteroatoms. The minimum absolute atomic E-state index is 0.250. The Bertz CT molecular complexity index is 282. The average molecular weight is 250 g/mol. The lowest BCUT2D eigenvalue weighted by Gasteiger charge is -2.14. The van der Waals surface area contributed by atoms with Gasteiger partial charge in [0.25, 0.3) is 6.47 Å². The van der Waals surface area contributed by atoms with Gasteiger partial charge in [0.2, 0.25) is 0 Å². The van der Waals surface area contributed by atoms with Crippen molar-refractivity contribution in [3.05, 3.63) is 35.9 Å². The number of hydrogen-bond acceptors (Lipinski definition) is 1. The van der Waals surface area contributed by atoms with Crippen molar-refractivity contribution in [2.45, 2.75) is 58.3 Å². The highest BCUT2D eigenvalue weighted by Gasteiger charge is 2.07. The van der Waals surface area contributed by atoms with E-state index >= 15 is 0 Å². The molecule has 18 heavy (non-hydrogen) atoms. The van der Waals surface area contributed by atoms with E-state index in [1.54, 1.807) is 0 Å². The summed E-state index contributed by atoms with van der Waals surface area (Å²) in [5.41, 5.74) is 1.52. The summed E-state index contributed by atoms with van der Waals surface area (Å²) < 4.78 is 0. The summed E-state index contributed by atoms with van der Waals surface area (Å²) in [5, 5.41) is 6.89. The molecule has 1 N–H and O–H groups in total. The van der Waals surface area contributed by atoms with Crippen LogP contribution in [0.1, 0.15) is 63.9 Å². The third-order valence-corrected chi connectivity index (χ3v) is 3.17. The van der Waals surface area contributed by atoms with Crippen LogP contribution in [0.15, 0.2) is 30.3 Å². The first-order chi connectivity index (χ1) is 8.79. The maximum absolute atomic E-state index is 8.36. The Labute approximate surface area is 111 Å². The summed E-state index contributed by atoms with van der Waals surface area (Å²) in [7, 11) is 0. The standard InChI is InChI=1S/C15H24.CH2O2/c1-3-5-6-8-11-14(4-2)15-12-9-7-10-13-15;2-1-3/h7,9-10,12-14H,3-6,8,11H2,1-2H3;1H,(H,2,3). The lowest BCUT2D eigenvalue weighted by Crippen LogP contribution is -1.97. The molecule has 0 aromatic heterocycles. The number of benzene rings is 1. The minimum atomic E-state index is -0.250. The molecule has 1 rings (SSSR count). The van der Waals surface area contributed by atoms with Gasteiger partial charge >= 0.3 is 0 Å². The molecule has 102 valence electrons. The Morgan fingerprint density at radius 3 is 2.22 bits per heavy atom. The first-order valence-corrected chi connectivity index (χ1v) is 6.92. The monoisotopic (exact) mass is 250 g/mol. The van der Waals surface area contributed by atoms with E-state index in [0.717, 1.165) is 5.92 Å². The van der Waals surface area contributed by atoms with Crippen molar-refractivity contribution >= 4 is 6.47 Å². The number of carboxylic acid groups (broad SMARTS) is 1. The second kappa shape index (κ2) is 12.2. The van der Waals surface area contributed by atoms with Crippen LogP contribution in [0, 0.1) is 0 Å². The van der Waals surface area contributed by atoms with E-state index in [1.165, 1.54) is 44.1 Å². The zero-order valence-corrected chi connectivity index (χ0v) is 11.6. The summed E-state index contributed by atoms with van der Waals surface area (Å²) in [6.45, 7) is 4.33. The Hall–Kier alpha value is -1.31. The smallest absolute Gasteiger partial charge is 0.290 e. The second-order valence-corrected chi connectivity index (χ2v) is 4.47. The molecular weight excluding hydrogens is 224 g/mol. The predicted octanol–water partition coefficient (Wildman–Crippen LogP) is 4.85. The van der Waals surface area contributed by atoms with Gasteiger partial charge in [0.15, 0.2) is 0 Å². The van der Waals surface area contributed by atoms with Gasteiger partial charge < -0.3 is 5.11 Å². The van der Waals surface area contributed by atoms with E-state index in [2.05, 4.69) is 44.2 Å². The number of hydrogen-bond donors (Lipinski definition) is 1. The Morgan fingerprint density at radius 2 is 1.72 bits per heavy atom. The molecule has 0 aliphatic rings. The van der Waals surface area contributed by atoms with Gasteiger partial charge in [0.05, 0.1) is 0 Å². The summed E-state index contributed by atoms with van der Waals surface area (Å²) in [5.74, 6) is 0.781. The van der Waals surface area contributed by atoms with E-state index < -0.39 is 0 Å². The van der Waals surface area contributed by atoms with Crippen molar-refractivity contribution in [3.8, 4) is 0 Å².